The molecule has 0 fully saturated rings. The van der Waals surface area contributed by atoms with Gasteiger partial charge in [0.1, 0.15) is 13.1 Å². The highest BCUT2D eigenvalue weighted by atomic mass is 79.9. The molecule has 4 aliphatic heterocycles. The molecule has 0 saturated carbocycles. The predicted octanol–water partition coefficient (Wildman–Crippen LogP) is 30.0. The van der Waals surface area contributed by atoms with Crippen LogP contribution in [0, 0.1) is 0 Å². The molecular weight excluding hydrogens is 1670 g/mol. The number of fused-ring (bicyclic) bond motifs is 14. The summed E-state index contributed by atoms with van der Waals surface area (Å²) >= 11 is 17.3. The summed E-state index contributed by atoms with van der Waals surface area (Å²) in [6.45, 7) is 33.5. The number of benzene rings is 10. The van der Waals surface area contributed by atoms with Gasteiger partial charge in [0.25, 0.3) is 0 Å². The Balaban J connectivity index is 0.849. The Morgan fingerprint density at radius 2 is 0.754 bits per heavy atom. The average molecular weight is 1780 g/mol. The van der Waals surface area contributed by atoms with Crippen LogP contribution in [0.25, 0.3) is 65.4 Å². The van der Waals surface area contributed by atoms with E-state index in [1.54, 1.807) is 0 Å². The third-order valence-corrected chi connectivity index (χ3v) is 28.6. The fraction of sp³-hybridized carbons (Fsp3) is 0.327. The van der Waals surface area contributed by atoms with Crippen molar-refractivity contribution in [2.45, 2.75) is 182 Å². The molecule has 10 heteroatoms. The lowest BCUT2D eigenvalue weighted by atomic mass is 9.79. The Morgan fingerprint density at radius 1 is 0.377 bits per heavy atom. The van der Waals surface area contributed by atoms with Gasteiger partial charge in [0, 0.05) is 147 Å². The molecule has 4 heterocycles. The van der Waals surface area contributed by atoms with Crippen molar-refractivity contribution in [3.05, 3.63) is 303 Å². The van der Waals surface area contributed by atoms with Crippen LogP contribution < -0.4 is 15.1 Å². The third kappa shape index (κ3) is 14.4. The number of hydrogen-bond donors (Lipinski definition) is 1. The van der Waals surface area contributed by atoms with Crippen LogP contribution in [-0.4, -0.2) is 59.1 Å². The molecule has 0 aromatic heterocycles. The van der Waals surface area contributed by atoms with Crippen molar-refractivity contribution in [1.29, 1.82) is 0 Å². The smallest absolute Gasteiger partial charge is 0.210 e. The Morgan fingerprint density at radius 3 is 1.19 bits per heavy atom. The number of nitrogens with one attached hydrogen (secondary N) is 1. The summed E-state index contributed by atoms with van der Waals surface area (Å²) in [6.07, 6.45) is 34.0. The van der Waals surface area contributed by atoms with Crippen LogP contribution in [0.1, 0.15) is 205 Å². The number of unbranched alkanes of at least 4 members (excludes halogenated alkanes) is 8. The molecule has 0 spiro atoms. The maximum Gasteiger partial charge on any atom is 0.210 e. The van der Waals surface area contributed by atoms with Gasteiger partial charge in [-0.2, -0.15) is 9.15 Å². The van der Waals surface area contributed by atoms with Crippen LogP contribution in [0.4, 0.5) is 22.7 Å². The van der Waals surface area contributed by atoms with Crippen molar-refractivity contribution in [3.63, 3.8) is 0 Å². The fourth-order valence-corrected chi connectivity index (χ4v) is 22.6. The zero-order valence-corrected chi connectivity index (χ0v) is 75.9. The van der Waals surface area contributed by atoms with E-state index in [0.29, 0.717) is 0 Å². The first kappa shape index (κ1) is 80.0. The van der Waals surface area contributed by atoms with Crippen molar-refractivity contribution in [1.82, 2.24) is 5.32 Å². The van der Waals surface area contributed by atoms with Gasteiger partial charge in [-0.05, 0) is 238 Å². The Labute approximate surface area is 716 Å². The molecule has 16 rings (SSSR count). The summed E-state index contributed by atoms with van der Waals surface area (Å²) in [4.78, 5) is 6.65. The minimum atomic E-state index is -0.284. The number of thioether (sulfide) groups is 1. The van der Waals surface area contributed by atoms with E-state index in [9.17, 15) is 0 Å². The SMILES string of the molecule is CCCCCN1/C(=C/C=C2C(NCCSC3=C(/C=C/C4=[N+](CCCCC)c5ccc6cc(Br)ccc6c5C4(C)C)c4ccccc4/C3=C\C=C3\N(CCCCC)c4ccc5cc(Br)ccc5c4C3(C)C)=C(/C=C/C3=[N+](CCCCC)c4ccc5cc(Br)ccc5c4C3(C)C)c3ccccc3/2)C(C)(C)c2c1ccc1cc(Br)ccc21. The van der Waals surface area contributed by atoms with Crippen molar-refractivity contribution in [2.24, 2.45) is 0 Å². The molecule has 5 nitrogen and oxygen atoms in total. The molecular formula is C104H109Br4N5S+2. The van der Waals surface area contributed by atoms with Gasteiger partial charge in [-0.1, -0.05) is 255 Å². The van der Waals surface area contributed by atoms with Crippen LogP contribution in [0.15, 0.2) is 258 Å². The van der Waals surface area contributed by atoms with Gasteiger partial charge >= 0.3 is 0 Å². The molecule has 6 aliphatic rings. The highest BCUT2D eigenvalue weighted by Crippen LogP contribution is 2.56. The molecule has 582 valence electrons. The molecule has 10 aromatic rings. The molecule has 0 atom stereocenters. The molecule has 0 radical (unpaired) electrons. The molecule has 2 aliphatic carbocycles. The number of hydrogen-bond acceptors (Lipinski definition) is 4. The maximum atomic E-state index is 4.36. The van der Waals surface area contributed by atoms with E-state index in [2.05, 4.69) is 390 Å². The van der Waals surface area contributed by atoms with E-state index in [0.717, 1.165) is 82.1 Å². The number of anilines is 2. The topological polar surface area (TPSA) is 24.5 Å². The normalized spacial score (nSPS) is 18.4. The molecule has 114 heavy (non-hydrogen) atoms. The van der Waals surface area contributed by atoms with Gasteiger partial charge in [0.05, 0.1) is 10.8 Å². The Hall–Kier alpha value is -7.83. The van der Waals surface area contributed by atoms with E-state index in [1.165, 1.54) is 217 Å². The van der Waals surface area contributed by atoms with Crippen molar-refractivity contribution >= 4 is 175 Å². The molecule has 10 aromatic carbocycles. The first-order chi connectivity index (χ1) is 55.1. The third-order valence-electron chi connectivity index (χ3n) is 25.5. The average Bonchev–Trinajstić information content (AvgIpc) is 1.58. The largest absolute Gasteiger partial charge is 0.383 e. The van der Waals surface area contributed by atoms with Crippen molar-refractivity contribution < 1.29 is 9.15 Å². The van der Waals surface area contributed by atoms with Crippen molar-refractivity contribution in [3.8, 4) is 0 Å². The van der Waals surface area contributed by atoms with E-state index in [1.807, 2.05) is 11.8 Å². The van der Waals surface area contributed by atoms with E-state index in [4.69, 9.17) is 0 Å². The molecule has 0 amide bonds. The number of rotatable bonds is 27. The van der Waals surface area contributed by atoms with Crippen LogP contribution in [0.5, 0.6) is 0 Å². The number of halogens is 4. The van der Waals surface area contributed by atoms with Crippen LogP contribution in [0.2, 0.25) is 0 Å². The summed E-state index contributed by atoms with van der Waals surface area (Å²) < 4.78 is 9.76. The maximum absolute atomic E-state index is 4.36. The van der Waals surface area contributed by atoms with E-state index in [-0.39, 0.29) is 21.7 Å². The lowest BCUT2D eigenvalue weighted by Gasteiger charge is -2.27. The van der Waals surface area contributed by atoms with E-state index >= 15 is 0 Å². The summed E-state index contributed by atoms with van der Waals surface area (Å²) in [5.41, 5.74) is 26.4. The van der Waals surface area contributed by atoms with Gasteiger partial charge < -0.3 is 15.1 Å². The van der Waals surface area contributed by atoms with Crippen LogP contribution >= 0.6 is 75.5 Å². The first-order valence-electron chi connectivity index (χ1n) is 42.1. The second-order valence-electron chi connectivity index (χ2n) is 34.3. The molecule has 0 bridgehead atoms. The summed E-state index contributed by atoms with van der Waals surface area (Å²) in [5.74, 6) is 0.810. The second kappa shape index (κ2) is 32.9. The Bertz CT molecular complexity index is 5520. The minimum Gasteiger partial charge on any atom is -0.383 e. The fourth-order valence-electron chi connectivity index (χ4n) is 20.0. The highest BCUT2D eigenvalue weighted by Gasteiger charge is 2.49. The van der Waals surface area contributed by atoms with Crippen molar-refractivity contribution in [2.75, 3.05) is 48.3 Å². The van der Waals surface area contributed by atoms with Gasteiger partial charge in [-0.15, -0.1) is 11.8 Å². The minimum absolute atomic E-state index is 0.277. The van der Waals surface area contributed by atoms with Crippen LogP contribution in [0.3, 0.4) is 0 Å². The molecule has 1 N–H and O–H groups in total. The zero-order valence-electron chi connectivity index (χ0n) is 68.7. The zero-order chi connectivity index (χ0) is 79.5. The van der Waals surface area contributed by atoms with Gasteiger partial charge in [-0.3, -0.25) is 0 Å². The Kier molecular flexibility index (Phi) is 23.1. The second-order valence-corrected chi connectivity index (χ2v) is 39.1. The van der Waals surface area contributed by atoms with Crippen LogP contribution in [-0.2, 0) is 21.7 Å². The van der Waals surface area contributed by atoms with Gasteiger partial charge in [-0.25, -0.2) is 0 Å². The van der Waals surface area contributed by atoms with E-state index < -0.39 is 0 Å². The highest BCUT2D eigenvalue weighted by molar-refractivity contribution is 9.11. The lowest BCUT2D eigenvalue weighted by molar-refractivity contribution is -0.438. The summed E-state index contributed by atoms with van der Waals surface area (Å²) in [6, 6.07) is 64.8. The summed E-state index contributed by atoms with van der Waals surface area (Å²) in [7, 11) is 0. The molecule has 0 unspecified atom stereocenters. The predicted molar refractivity (Wildman–Crippen MR) is 509 cm³/mol. The summed E-state index contributed by atoms with van der Waals surface area (Å²) in [5, 5.41) is 14.7. The lowest BCUT2D eigenvalue weighted by Crippen LogP contribution is -2.28. The quantitative estimate of drug-likeness (QED) is 0.0410. The van der Waals surface area contributed by atoms with Gasteiger partial charge in [0.15, 0.2) is 11.4 Å². The number of nitrogens with zero attached hydrogens (tertiary/aromatic N) is 4. The van der Waals surface area contributed by atoms with Gasteiger partial charge in [0.2, 0.25) is 11.4 Å². The monoisotopic (exact) mass is 1780 g/mol. The standard InChI is InChI=1S/C104H108Br4N5S/c1-13-17-25-58-110-87-49-33-67-63-71(105)37-41-75(67)95(87)101(5,6)91(110)53-45-83-79-29-21-22-30-80(79)84(46-54-92-102(7,8)96-76-42-38-72(106)64-68(76)34-50-88(96)111(92)59-26-18-14-2)99(83)109-57-62-114-100-85(47-55-93-103(9,10)97-77-43-39-73(107)65-69(77)35-51-89(97)112(93)60-27-19-15-3)81-31-23-24-32-82(81)86(100)48-56-94-104(11,12)98-78-44-40-74(108)66-70(78)36-52-90(98)113(94)61-28-20-16-4/h21-24,29-56,63-66H,13-20,25-28,57-62H2,1-12H3/q+1/p+1/b83-45+,91-53+. The molecule has 0 saturated heterocycles. The number of allylic oxidation sites excluding steroid dienone is 14. The first-order valence-corrected chi connectivity index (χ1v) is 46.3.